The fourth-order valence-corrected chi connectivity index (χ4v) is 3.07. The van der Waals surface area contributed by atoms with E-state index in [0.717, 1.165) is 22.2 Å². The fourth-order valence-electron chi connectivity index (χ4n) is 2.11. The molecular weight excluding hydrogens is 425 g/mol. The second kappa shape index (κ2) is 9.46. The monoisotopic (exact) mass is 443 g/mol. The van der Waals surface area contributed by atoms with Gasteiger partial charge >= 0.3 is 0 Å². The summed E-state index contributed by atoms with van der Waals surface area (Å²) in [5.74, 6) is 1.14. The molecule has 25 heavy (non-hydrogen) atoms. The molecule has 134 valence electrons. The summed E-state index contributed by atoms with van der Waals surface area (Å²) in [6.45, 7) is 5.29. The fraction of sp³-hybridized carbons (Fsp3) is 0.316. The SMILES string of the molecule is CC(C)CCOc1ccc(C(=O)NCc2ccc(Cl)cc2Cl)cc1Br. The molecule has 1 amide bonds. The average molecular weight is 445 g/mol. The molecule has 1 N–H and O–H groups in total. The molecule has 0 fully saturated rings. The van der Waals surface area contributed by atoms with Crippen molar-refractivity contribution in [2.75, 3.05) is 6.61 Å². The number of amides is 1. The highest BCUT2D eigenvalue weighted by Crippen LogP contribution is 2.26. The predicted molar refractivity (Wildman–Crippen MR) is 107 cm³/mol. The van der Waals surface area contributed by atoms with Gasteiger partial charge in [0.25, 0.3) is 5.91 Å². The lowest BCUT2D eigenvalue weighted by molar-refractivity contribution is 0.0951. The molecule has 0 unspecified atom stereocenters. The van der Waals surface area contributed by atoms with Crippen molar-refractivity contribution < 1.29 is 9.53 Å². The van der Waals surface area contributed by atoms with E-state index in [4.69, 9.17) is 27.9 Å². The molecule has 0 radical (unpaired) electrons. The molecule has 0 atom stereocenters. The zero-order valence-electron chi connectivity index (χ0n) is 14.1. The largest absolute Gasteiger partial charge is 0.492 e. The summed E-state index contributed by atoms with van der Waals surface area (Å²) in [7, 11) is 0. The maximum atomic E-state index is 12.3. The summed E-state index contributed by atoms with van der Waals surface area (Å²) in [6.07, 6.45) is 0.983. The molecule has 0 aliphatic heterocycles. The Morgan fingerprint density at radius 3 is 2.60 bits per heavy atom. The Morgan fingerprint density at radius 1 is 1.20 bits per heavy atom. The molecule has 2 aromatic carbocycles. The molecule has 2 aromatic rings. The normalized spacial score (nSPS) is 10.8. The first kappa shape index (κ1) is 20.1. The van der Waals surface area contributed by atoms with Crippen molar-refractivity contribution in [3.05, 3.63) is 62.0 Å². The molecule has 0 spiro atoms. The van der Waals surface area contributed by atoms with Crippen LogP contribution < -0.4 is 10.1 Å². The van der Waals surface area contributed by atoms with Crippen LogP contribution in [-0.2, 0) is 6.54 Å². The molecule has 0 bridgehead atoms. The zero-order chi connectivity index (χ0) is 18.4. The molecule has 2 rings (SSSR count). The van der Waals surface area contributed by atoms with Crippen molar-refractivity contribution in [2.45, 2.75) is 26.8 Å². The number of hydrogen-bond donors (Lipinski definition) is 1. The van der Waals surface area contributed by atoms with E-state index in [-0.39, 0.29) is 5.91 Å². The maximum Gasteiger partial charge on any atom is 0.251 e. The van der Waals surface area contributed by atoms with Gasteiger partial charge in [-0.2, -0.15) is 0 Å². The second-order valence-corrected chi connectivity index (χ2v) is 7.79. The van der Waals surface area contributed by atoms with Crippen molar-refractivity contribution in [1.82, 2.24) is 5.32 Å². The van der Waals surface area contributed by atoms with Crippen LogP contribution in [0.5, 0.6) is 5.75 Å². The zero-order valence-corrected chi connectivity index (χ0v) is 17.2. The number of ether oxygens (including phenoxy) is 1. The van der Waals surface area contributed by atoms with E-state index < -0.39 is 0 Å². The number of halogens is 3. The van der Waals surface area contributed by atoms with E-state index in [2.05, 4.69) is 35.1 Å². The lowest BCUT2D eigenvalue weighted by atomic mass is 10.1. The molecule has 0 aliphatic rings. The van der Waals surface area contributed by atoms with Crippen LogP contribution in [-0.4, -0.2) is 12.5 Å². The molecule has 0 aromatic heterocycles. The van der Waals surface area contributed by atoms with Crippen LogP contribution >= 0.6 is 39.1 Å². The maximum absolute atomic E-state index is 12.3. The third kappa shape index (κ3) is 6.21. The smallest absolute Gasteiger partial charge is 0.251 e. The summed E-state index contributed by atoms with van der Waals surface area (Å²) in [4.78, 5) is 12.3. The summed E-state index contributed by atoms with van der Waals surface area (Å²) < 4.78 is 6.49. The van der Waals surface area contributed by atoms with Crippen LogP contribution in [0.2, 0.25) is 10.0 Å². The highest BCUT2D eigenvalue weighted by atomic mass is 79.9. The topological polar surface area (TPSA) is 38.3 Å². The molecule has 0 saturated heterocycles. The Bertz CT molecular complexity index is 750. The minimum Gasteiger partial charge on any atom is -0.492 e. The first-order valence-electron chi connectivity index (χ1n) is 8.01. The van der Waals surface area contributed by atoms with E-state index in [1.807, 2.05) is 0 Å². The van der Waals surface area contributed by atoms with Gasteiger partial charge in [0.15, 0.2) is 0 Å². The molecular formula is C19H20BrCl2NO2. The van der Waals surface area contributed by atoms with Crippen LogP contribution in [0, 0.1) is 5.92 Å². The van der Waals surface area contributed by atoms with Gasteiger partial charge in [-0.3, -0.25) is 4.79 Å². The molecule has 6 heteroatoms. The number of rotatable bonds is 7. The quantitative estimate of drug-likeness (QED) is 0.559. The van der Waals surface area contributed by atoms with Gasteiger partial charge in [-0.1, -0.05) is 43.1 Å². The molecule has 3 nitrogen and oxygen atoms in total. The minimum absolute atomic E-state index is 0.180. The van der Waals surface area contributed by atoms with Gasteiger partial charge in [0, 0.05) is 22.2 Å². The first-order chi connectivity index (χ1) is 11.9. The van der Waals surface area contributed by atoms with Gasteiger partial charge in [-0.25, -0.2) is 0 Å². The Morgan fingerprint density at radius 2 is 1.96 bits per heavy atom. The van der Waals surface area contributed by atoms with E-state index in [1.54, 1.807) is 36.4 Å². The van der Waals surface area contributed by atoms with Crippen LogP contribution in [0.15, 0.2) is 40.9 Å². The standard InChI is InChI=1S/C19H20BrCl2NO2/c1-12(2)7-8-25-18-6-4-13(9-16(18)20)19(24)23-11-14-3-5-15(21)10-17(14)22/h3-6,9-10,12H,7-8,11H2,1-2H3,(H,23,24). The summed E-state index contributed by atoms with van der Waals surface area (Å²) in [6, 6.07) is 10.5. The van der Waals surface area contributed by atoms with Gasteiger partial charge in [-0.05, 0) is 64.2 Å². The summed E-state index contributed by atoms with van der Waals surface area (Å²) in [5, 5.41) is 3.95. The van der Waals surface area contributed by atoms with Gasteiger partial charge < -0.3 is 10.1 Å². The van der Waals surface area contributed by atoms with Crippen molar-refractivity contribution in [3.63, 3.8) is 0 Å². The van der Waals surface area contributed by atoms with E-state index in [9.17, 15) is 4.79 Å². The minimum atomic E-state index is -0.180. The third-order valence-corrected chi connectivity index (χ3v) is 4.81. The van der Waals surface area contributed by atoms with E-state index in [1.165, 1.54) is 0 Å². The van der Waals surface area contributed by atoms with E-state index in [0.29, 0.717) is 34.7 Å². The number of hydrogen-bond acceptors (Lipinski definition) is 2. The second-order valence-electron chi connectivity index (χ2n) is 6.09. The van der Waals surface area contributed by atoms with Crippen LogP contribution in [0.1, 0.15) is 36.2 Å². The van der Waals surface area contributed by atoms with Gasteiger partial charge in [-0.15, -0.1) is 0 Å². The van der Waals surface area contributed by atoms with Crippen molar-refractivity contribution in [2.24, 2.45) is 5.92 Å². The Balaban J connectivity index is 1.96. The van der Waals surface area contributed by atoms with Crippen molar-refractivity contribution in [3.8, 4) is 5.75 Å². The lowest BCUT2D eigenvalue weighted by Crippen LogP contribution is -2.23. The van der Waals surface area contributed by atoms with Crippen LogP contribution in [0.3, 0.4) is 0 Å². The third-order valence-electron chi connectivity index (χ3n) is 3.60. The Kier molecular flexibility index (Phi) is 7.60. The lowest BCUT2D eigenvalue weighted by Gasteiger charge is -2.11. The summed E-state index contributed by atoms with van der Waals surface area (Å²) in [5.41, 5.74) is 1.36. The van der Waals surface area contributed by atoms with Gasteiger partial charge in [0.05, 0.1) is 11.1 Å². The molecule has 0 aliphatic carbocycles. The number of carbonyl (C=O) groups is 1. The number of nitrogens with one attached hydrogen (secondary N) is 1. The van der Waals surface area contributed by atoms with Crippen molar-refractivity contribution >= 4 is 45.0 Å². The highest BCUT2D eigenvalue weighted by Gasteiger charge is 2.10. The predicted octanol–water partition coefficient (Wildman–Crippen LogP) is 6.11. The summed E-state index contributed by atoms with van der Waals surface area (Å²) >= 11 is 15.4. The van der Waals surface area contributed by atoms with Crippen LogP contribution in [0.25, 0.3) is 0 Å². The number of carbonyl (C=O) groups excluding carboxylic acids is 1. The Hall–Kier alpha value is -1.23. The first-order valence-corrected chi connectivity index (χ1v) is 9.56. The molecule has 0 heterocycles. The van der Waals surface area contributed by atoms with Crippen molar-refractivity contribution in [1.29, 1.82) is 0 Å². The van der Waals surface area contributed by atoms with Gasteiger partial charge in [0.1, 0.15) is 5.75 Å². The molecule has 0 saturated carbocycles. The van der Waals surface area contributed by atoms with Gasteiger partial charge in [0.2, 0.25) is 0 Å². The van der Waals surface area contributed by atoms with E-state index >= 15 is 0 Å². The van der Waals surface area contributed by atoms with Crippen LogP contribution in [0.4, 0.5) is 0 Å². The Labute approximate surface area is 166 Å². The highest BCUT2D eigenvalue weighted by molar-refractivity contribution is 9.10. The number of benzene rings is 2. The average Bonchev–Trinajstić information content (AvgIpc) is 2.55.